The maximum absolute atomic E-state index is 4.37. The lowest BCUT2D eigenvalue weighted by atomic mass is 10.1. The van der Waals surface area contributed by atoms with Crippen LogP contribution >= 0.6 is 24.4 Å². The van der Waals surface area contributed by atoms with Crippen LogP contribution in [0.1, 0.15) is 6.92 Å². The molecule has 0 amide bonds. The second kappa shape index (κ2) is 5.46. The third-order valence-corrected chi connectivity index (χ3v) is 3.48. The average molecular weight is 246 g/mol. The fourth-order valence-electron chi connectivity index (χ4n) is 1.62. The second-order valence-electron chi connectivity index (χ2n) is 3.51. The second-order valence-corrected chi connectivity index (χ2v) is 5.37. The third kappa shape index (κ3) is 2.83. The van der Waals surface area contributed by atoms with Gasteiger partial charge in [0, 0.05) is 9.79 Å². The van der Waals surface area contributed by atoms with Crippen LogP contribution in [0.3, 0.4) is 0 Å². The highest BCUT2D eigenvalue weighted by Crippen LogP contribution is 2.26. The molecule has 2 rings (SSSR count). The van der Waals surface area contributed by atoms with Gasteiger partial charge in [0.15, 0.2) is 0 Å². The molecule has 0 saturated carbocycles. The number of hydrogen-bond donors (Lipinski definition) is 1. The monoisotopic (exact) mass is 246 g/mol. The van der Waals surface area contributed by atoms with Gasteiger partial charge in [-0.15, -0.1) is 24.4 Å². The standard InChI is InChI=1S/C14H14S2/c1-2-16-14-8-4-6-12(10-14)11-5-3-7-13(15)9-11/h3-10,15H,2H2,1H3. The summed E-state index contributed by atoms with van der Waals surface area (Å²) < 4.78 is 0. The molecule has 0 bridgehead atoms. The Hall–Kier alpha value is -0.860. The van der Waals surface area contributed by atoms with Gasteiger partial charge in [-0.2, -0.15) is 0 Å². The summed E-state index contributed by atoms with van der Waals surface area (Å²) in [6.45, 7) is 2.17. The van der Waals surface area contributed by atoms with Crippen molar-refractivity contribution < 1.29 is 0 Å². The van der Waals surface area contributed by atoms with Gasteiger partial charge in [-0.25, -0.2) is 0 Å². The zero-order valence-corrected chi connectivity index (χ0v) is 10.9. The molecule has 0 aliphatic heterocycles. The molecule has 2 aromatic rings. The zero-order chi connectivity index (χ0) is 11.4. The van der Waals surface area contributed by atoms with Crippen LogP contribution in [-0.4, -0.2) is 5.75 Å². The number of benzene rings is 2. The Morgan fingerprint density at radius 3 is 2.38 bits per heavy atom. The molecule has 0 saturated heterocycles. The third-order valence-electron chi connectivity index (χ3n) is 2.32. The van der Waals surface area contributed by atoms with Crippen molar-refractivity contribution in [2.24, 2.45) is 0 Å². The predicted molar refractivity (Wildman–Crippen MR) is 75.5 cm³/mol. The van der Waals surface area contributed by atoms with Gasteiger partial charge in [0.25, 0.3) is 0 Å². The van der Waals surface area contributed by atoms with Gasteiger partial charge >= 0.3 is 0 Å². The number of thiol groups is 1. The topological polar surface area (TPSA) is 0 Å². The zero-order valence-electron chi connectivity index (χ0n) is 9.18. The van der Waals surface area contributed by atoms with Crippen molar-refractivity contribution in [1.82, 2.24) is 0 Å². The van der Waals surface area contributed by atoms with Gasteiger partial charge < -0.3 is 0 Å². The lowest BCUT2D eigenvalue weighted by Gasteiger charge is -2.05. The van der Waals surface area contributed by atoms with Crippen LogP contribution in [0.2, 0.25) is 0 Å². The molecule has 0 unspecified atom stereocenters. The molecular weight excluding hydrogens is 232 g/mol. The van der Waals surface area contributed by atoms with E-state index in [9.17, 15) is 0 Å². The van der Waals surface area contributed by atoms with Crippen molar-refractivity contribution in [1.29, 1.82) is 0 Å². The Morgan fingerprint density at radius 2 is 1.69 bits per heavy atom. The van der Waals surface area contributed by atoms with Crippen molar-refractivity contribution in [3.8, 4) is 11.1 Å². The summed E-state index contributed by atoms with van der Waals surface area (Å²) in [5.74, 6) is 1.11. The minimum atomic E-state index is 1.01. The predicted octanol–water partition coefficient (Wildman–Crippen LogP) is 4.75. The van der Waals surface area contributed by atoms with Crippen LogP contribution in [0, 0.1) is 0 Å². The van der Waals surface area contributed by atoms with Gasteiger partial charge in [-0.3, -0.25) is 0 Å². The van der Waals surface area contributed by atoms with E-state index in [0.717, 1.165) is 10.6 Å². The summed E-state index contributed by atoms with van der Waals surface area (Å²) in [6.07, 6.45) is 0. The van der Waals surface area contributed by atoms with Crippen molar-refractivity contribution in [3.05, 3.63) is 48.5 Å². The van der Waals surface area contributed by atoms with E-state index in [2.05, 4.69) is 56.0 Å². The highest BCUT2D eigenvalue weighted by Gasteiger charge is 1.99. The van der Waals surface area contributed by atoms with Crippen molar-refractivity contribution in [2.45, 2.75) is 16.7 Å². The molecule has 0 heterocycles. The van der Waals surface area contributed by atoms with Crippen LogP contribution in [0.25, 0.3) is 11.1 Å². The molecule has 0 aromatic heterocycles. The van der Waals surface area contributed by atoms with E-state index in [1.54, 1.807) is 0 Å². The fraction of sp³-hybridized carbons (Fsp3) is 0.143. The molecule has 2 heteroatoms. The number of hydrogen-bond acceptors (Lipinski definition) is 2. The van der Waals surface area contributed by atoms with Crippen molar-refractivity contribution >= 4 is 24.4 Å². The lowest BCUT2D eigenvalue weighted by molar-refractivity contribution is 1.41. The summed E-state index contributed by atoms with van der Waals surface area (Å²) in [5, 5.41) is 0. The normalized spacial score (nSPS) is 10.4. The van der Waals surface area contributed by atoms with E-state index in [1.807, 2.05) is 23.9 Å². The first-order valence-corrected chi connectivity index (χ1v) is 6.75. The molecule has 0 spiro atoms. The summed E-state index contributed by atoms with van der Waals surface area (Å²) in [5.41, 5.74) is 2.49. The molecule has 0 aliphatic carbocycles. The first-order valence-electron chi connectivity index (χ1n) is 5.32. The van der Waals surface area contributed by atoms with Crippen LogP contribution in [0.15, 0.2) is 58.3 Å². The lowest BCUT2D eigenvalue weighted by Crippen LogP contribution is -1.79. The van der Waals surface area contributed by atoms with Gasteiger partial charge in [0.1, 0.15) is 0 Å². The molecule has 0 aliphatic rings. The van der Waals surface area contributed by atoms with Gasteiger partial charge in [0.2, 0.25) is 0 Å². The van der Waals surface area contributed by atoms with Crippen LogP contribution in [-0.2, 0) is 0 Å². The van der Waals surface area contributed by atoms with Crippen LogP contribution < -0.4 is 0 Å². The van der Waals surface area contributed by atoms with Gasteiger partial charge in [-0.1, -0.05) is 31.2 Å². The summed E-state index contributed by atoms with van der Waals surface area (Å²) in [7, 11) is 0. The Morgan fingerprint density at radius 1 is 1.00 bits per heavy atom. The highest BCUT2D eigenvalue weighted by atomic mass is 32.2. The van der Waals surface area contributed by atoms with Gasteiger partial charge in [-0.05, 0) is 41.1 Å². The maximum Gasteiger partial charge on any atom is 0.00780 e. The van der Waals surface area contributed by atoms with E-state index in [1.165, 1.54) is 16.0 Å². The van der Waals surface area contributed by atoms with E-state index in [-0.39, 0.29) is 0 Å². The molecule has 0 N–H and O–H groups in total. The SMILES string of the molecule is CCSc1cccc(-c2cccc(S)c2)c1. The average Bonchev–Trinajstić information content (AvgIpc) is 2.30. The molecule has 0 radical (unpaired) electrons. The molecular formula is C14H14S2. The molecule has 16 heavy (non-hydrogen) atoms. The van der Waals surface area contributed by atoms with E-state index in [4.69, 9.17) is 0 Å². The quantitative estimate of drug-likeness (QED) is 0.602. The Kier molecular flexibility index (Phi) is 3.97. The van der Waals surface area contributed by atoms with Gasteiger partial charge in [0.05, 0.1) is 0 Å². The maximum atomic E-state index is 4.37. The largest absolute Gasteiger partial charge is 0.143 e. The first kappa shape index (κ1) is 11.6. The van der Waals surface area contributed by atoms with Crippen LogP contribution in [0.5, 0.6) is 0 Å². The van der Waals surface area contributed by atoms with Crippen LogP contribution in [0.4, 0.5) is 0 Å². The molecule has 0 nitrogen and oxygen atoms in total. The first-order chi connectivity index (χ1) is 7.79. The Balaban J connectivity index is 2.36. The summed E-state index contributed by atoms with van der Waals surface area (Å²) in [6, 6.07) is 16.9. The molecule has 2 aromatic carbocycles. The molecule has 82 valence electrons. The molecule has 0 atom stereocenters. The summed E-state index contributed by atoms with van der Waals surface area (Å²) >= 11 is 6.24. The summed E-state index contributed by atoms with van der Waals surface area (Å²) in [4.78, 5) is 2.33. The molecule has 0 fully saturated rings. The fourth-order valence-corrected chi connectivity index (χ4v) is 2.56. The Bertz CT molecular complexity index is 478. The minimum absolute atomic E-state index is 1.01. The van der Waals surface area contributed by atoms with E-state index < -0.39 is 0 Å². The van der Waals surface area contributed by atoms with E-state index in [0.29, 0.717) is 0 Å². The minimum Gasteiger partial charge on any atom is -0.143 e. The van der Waals surface area contributed by atoms with Crippen molar-refractivity contribution in [3.63, 3.8) is 0 Å². The smallest absolute Gasteiger partial charge is 0.00780 e. The van der Waals surface area contributed by atoms with Crippen molar-refractivity contribution in [2.75, 3.05) is 5.75 Å². The number of thioether (sulfide) groups is 1. The Labute approximate surface area is 106 Å². The van der Waals surface area contributed by atoms with E-state index >= 15 is 0 Å². The number of rotatable bonds is 3. The highest BCUT2D eigenvalue weighted by molar-refractivity contribution is 7.99.